The summed E-state index contributed by atoms with van der Waals surface area (Å²) in [6.45, 7) is 0. The van der Waals surface area contributed by atoms with E-state index in [1.54, 1.807) is 24.3 Å². The van der Waals surface area contributed by atoms with Crippen molar-refractivity contribution in [3.8, 4) is 29.8 Å². The van der Waals surface area contributed by atoms with E-state index in [2.05, 4.69) is 23.7 Å². The van der Waals surface area contributed by atoms with Gasteiger partial charge in [-0.05, 0) is 42.5 Å². The standard InChI is InChI=1S/C23H13N3O2/c24-16-19-8-6-18(7-9-19)10-12-20-15-23(26(27)28)21(14-22(20)25)13-11-17-4-2-1-3-5-17/h1-9,14-15H,25H2. The van der Waals surface area contributed by atoms with Crippen molar-refractivity contribution in [3.05, 3.63) is 105 Å². The fourth-order valence-electron chi connectivity index (χ4n) is 2.39. The molecule has 0 atom stereocenters. The number of nitrogens with zero attached hydrogens (tertiary/aromatic N) is 2. The molecule has 0 fully saturated rings. The van der Waals surface area contributed by atoms with E-state index in [1.807, 2.05) is 36.4 Å². The highest BCUT2D eigenvalue weighted by Gasteiger charge is 2.15. The molecule has 0 spiro atoms. The van der Waals surface area contributed by atoms with E-state index in [0.29, 0.717) is 22.4 Å². The van der Waals surface area contributed by atoms with Crippen LogP contribution in [0.25, 0.3) is 0 Å². The van der Waals surface area contributed by atoms with Crippen LogP contribution in [0.5, 0.6) is 0 Å². The van der Waals surface area contributed by atoms with Gasteiger partial charge in [0.05, 0.1) is 22.1 Å². The van der Waals surface area contributed by atoms with Gasteiger partial charge < -0.3 is 5.73 Å². The molecular formula is C23H13N3O2. The van der Waals surface area contributed by atoms with Crippen LogP contribution in [0.2, 0.25) is 0 Å². The maximum Gasteiger partial charge on any atom is 0.286 e. The maximum atomic E-state index is 11.5. The molecule has 3 aromatic carbocycles. The van der Waals surface area contributed by atoms with Gasteiger partial charge in [0.25, 0.3) is 5.69 Å². The summed E-state index contributed by atoms with van der Waals surface area (Å²) in [5.74, 6) is 11.5. The van der Waals surface area contributed by atoms with Crippen molar-refractivity contribution in [2.24, 2.45) is 0 Å². The second-order valence-electron chi connectivity index (χ2n) is 5.77. The van der Waals surface area contributed by atoms with Crippen LogP contribution in [0.15, 0.2) is 66.7 Å². The van der Waals surface area contributed by atoms with E-state index in [9.17, 15) is 10.1 Å². The number of hydrogen-bond donors (Lipinski definition) is 1. The minimum absolute atomic E-state index is 0.151. The first-order valence-corrected chi connectivity index (χ1v) is 8.24. The van der Waals surface area contributed by atoms with Crippen molar-refractivity contribution in [1.29, 1.82) is 5.26 Å². The monoisotopic (exact) mass is 363 g/mol. The van der Waals surface area contributed by atoms with E-state index >= 15 is 0 Å². The van der Waals surface area contributed by atoms with E-state index in [1.165, 1.54) is 12.1 Å². The van der Waals surface area contributed by atoms with Crippen LogP contribution in [-0.2, 0) is 0 Å². The van der Waals surface area contributed by atoms with Gasteiger partial charge in [0.15, 0.2) is 0 Å². The van der Waals surface area contributed by atoms with E-state index in [4.69, 9.17) is 11.0 Å². The number of nitro groups is 1. The van der Waals surface area contributed by atoms with Crippen LogP contribution in [0.4, 0.5) is 11.4 Å². The molecule has 5 heteroatoms. The van der Waals surface area contributed by atoms with Gasteiger partial charge in [-0.2, -0.15) is 5.26 Å². The Bertz CT molecular complexity index is 1200. The predicted octanol–water partition coefficient (Wildman–Crippen LogP) is 3.85. The predicted molar refractivity (Wildman–Crippen MR) is 107 cm³/mol. The SMILES string of the molecule is N#Cc1ccc(C#Cc2cc([N+](=O)[O-])c(C#Cc3ccccc3)cc2N)cc1. The van der Waals surface area contributed by atoms with Crippen LogP contribution in [-0.4, -0.2) is 4.92 Å². The highest BCUT2D eigenvalue weighted by Crippen LogP contribution is 2.24. The number of benzene rings is 3. The van der Waals surface area contributed by atoms with Gasteiger partial charge in [0.2, 0.25) is 0 Å². The Hall–Kier alpha value is -4.53. The van der Waals surface area contributed by atoms with Gasteiger partial charge >= 0.3 is 0 Å². The van der Waals surface area contributed by atoms with Crippen LogP contribution >= 0.6 is 0 Å². The summed E-state index contributed by atoms with van der Waals surface area (Å²) in [6, 6.07) is 20.7. The molecule has 0 radical (unpaired) electrons. The second-order valence-corrected chi connectivity index (χ2v) is 5.77. The summed E-state index contributed by atoms with van der Waals surface area (Å²) in [4.78, 5) is 11.0. The fourth-order valence-corrected chi connectivity index (χ4v) is 2.39. The largest absolute Gasteiger partial charge is 0.398 e. The molecule has 132 valence electrons. The molecule has 0 aliphatic carbocycles. The van der Waals surface area contributed by atoms with Crippen molar-refractivity contribution in [3.63, 3.8) is 0 Å². The molecule has 0 aromatic heterocycles. The molecule has 3 aromatic rings. The lowest BCUT2D eigenvalue weighted by Crippen LogP contribution is -1.98. The molecule has 0 bridgehead atoms. The quantitative estimate of drug-likeness (QED) is 0.308. The number of nitro benzene ring substituents is 1. The third-order valence-electron chi connectivity index (χ3n) is 3.84. The Balaban J connectivity index is 1.98. The fraction of sp³-hybridized carbons (Fsp3) is 0. The summed E-state index contributed by atoms with van der Waals surface area (Å²) < 4.78 is 0. The number of rotatable bonds is 1. The zero-order valence-electron chi connectivity index (χ0n) is 14.6. The Morgan fingerprint density at radius 3 is 1.96 bits per heavy atom. The van der Waals surface area contributed by atoms with Crippen LogP contribution in [0, 0.1) is 45.1 Å². The number of anilines is 1. The lowest BCUT2D eigenvalue weighted by molar-refractivity contribution is -0.385. The number of hydrogen-bond acceptors (Lipinski definition) is 4. The number of nitriles is 1. The van der Waals surface area contributed by atoms with Gasteiger partial charge in [-0.25, -0.2) is 0 Å². The third kappa shape index (κ3) is 4.35. The summed E-state index contributed by atoms with van der Waals surface area (Å²) in [6.07, 6.45) is 0. The average molecular weight is 363 g/mol. The van der Waals surface area contributed by atoms with E-state index < -0.39 is 4.92 Å². The van der Waals surface area contributed by atoms with Crippen molar-refractivity contribution in [2.45, 2.75) is 0 Å². The van der Waals surface area contributed by atoms with Gasteiger partial charge in [-0.1, -0.05) is 41.9 Å². The maximum absolute atomic E-state index is 11.5. The molecule has 28 heavy (non-hydrogen) atoms. The minimum Gasteiger partial charge on any atom is -0.398 e. The molecule has 0 aliphatic rings. The highest BCUT2D eigenvalue weighted by atomic mass is 16.6. The normalized spacial score (nSPS) is 9.25. The van der Waals surface area contributed by atoms with Gasteiger partial charge in [-0.3, -0.25) is 10.1 Å². The summed E-state index contributed by atoms with van der Waals surface area (Å²) in [7, 11) is 0. The lowest BCUT2D eigenvalue weighted by Gasteiger charge is -2.01. The lowest BCUT2D eigenvalue weighted by atomic mass is 10.1. The molecular weight excluding hydrogens is 350 g/mol. The molecule has 0 heterocycles. The first-order valence-electron chi connectivity index (χ1n) is 8.24. The van der Waals surface area contributed by atoms with Crippen LogP contribution < -0.4 is 5.73 Å². The van der Waals surface area contributed by atoms with Crippen molar-refractivity contribution in [2.75, 3.05) is 5.73 Å². The van der Waals surface area contributed by atoms with Crippen molar-refractivity contribution >= 4 is 11.4 Å². The number of nitrogen functional groups attached to an aromatic ring is 1. The topological polar surface area (TPSA) is 92.9 Å². The van der Waals surface area contributed by atoms with Crippen LogP contribution in [0.3, 0.4) is 0 Å². The van der Waals surface area contributed by atoms with Crippen LogP contribution in [0.1, 0.15) is 27.8 Å². The van der Waals surface area contributed by atoms with Crippen molar-refractivity contribution in [1.82, 2.24) is 0 Å². The molecule has 0 saturated carbocycles. The highest BCUT2D eigenvalue weighted by molar-refractivity contribution is 5.68. The zero-order valence-corrected chi connectivity index (χ0v) is 14.6. The minimum atomic E-state index is -0.499. The molecule has 0 amide bonds. The average Bonchev–Trinajstić information content (AvgIpc) is 2.72. The van der Waals surface area contributed by atoms with E-state index in [0.717, 1.165) is 5.56 Å². The Morgan fingerprint density at radius 1 is 0.786 bits per heavy atom. The molecule has 0 aliphatic heterocycles. The summed E-state index contributed by atoms with van der Waals surface area (Å²) in [5, 5.41) is 20.3. The Labute approximate surface area is 162 Å². The Morgan fingerprint density at radius 2 is 1.36 bits per heavy atom. The first kappa shape index (κ1) is 18.3. The number of nitrogens with two attached hydrogens (primary N) is 1. The molecule has 5 nitrogen and oxygen atoms in total. The Kier molecular flexibility index (Phi) is 5.37. The molecule has 2 N–H and O–H groups in total. The van der Waals surface area contributed by atoms with Gasteiger partial charge in [-0.15, -0.1) is 0 Å². The molecule has 0 unspecified atom stereocenters. The van der Waals surface area contributed by atoms with Gasteiger partial charge in [0, 0.05) is 22.9 Å². The summed E-state index contributed by atoms with van der Waals surface area (Å²) >= 11 is 0. The molecule has 3 rings (SSSR count). The third-order valence-corrected chi connectivity index (χ3v) is 3.84. The smallest absolute Gasteiger partial charge is 0.286 e. The molecule has 0 saturated heterocycles. The first-order chi connectivity index (χ1) is 13.6. The van der Waals surface area contributed by atoms with Crippen molar-refractivity contribution < 1.29 is 4.92 Å². The van der Waals surface area contributed by atoms with Gasteiger partial charge in [0.1, 0.15) is 5.56 Å². The second kappa shape index (κ2) is 8.23. The summed E-state index contributed by atoms with van der Waals surface area (Å²) in [5.41, 5.74) is 8.73. The van der Waals surface area contributed by atoms with E-state index in [-0.39, 0.29) is 11.3 Å². The zero-order chi connectivity index (χ0) is 19.9.